The van der Waals surface area contributed by atoms with Gasteiger partial charge in [0.25, 0.3) is 10.0 Å². The molecule has 1 amide bonds. The first-order valence-corrected chi connectivity index (χ1v) is 9.71. The second-order valence-electron chi connectivity index (χ2n) is 4.92. The number of hydrogen-bond donors (Lipinski definition) is 1. The predicted octanol–water partition coefficient (Wildman–Crippen LogP) is 2.92. The van der Waals surface area contributed by atoms with Gasteiger partial charge in [0, 0.05) is 18.1 Å². The van der Waals surface area contributed by atoms with E-state index in [9.17, 15) is 13.2 Å². The van der Waals surface area contributed by atoms with Gasteiger partial charge in [-0.15, -0.1) is 11.3 Å². The van der Waals surface area contributed by atoms with Gasteiger partial charge in [-0.1, -0.05) is 35.3 Å². The van der Waals surface area contributed by atoms with Crippen LogP contribution in [0, 0.1) is 0 Å². The molecule has 1 unspecified atom stereocenters. The molecular formula is C14H12Cl2N2O3S2. The van der Waals surface area contributed by atoms with Crippen molar-refractivity contribution < 1.29 is 13.2 Å². The van der Waals surface area contributed by atoms with Crippen LogP contribution in [-0.4, -0.2) is 31.7 Å². The lowest BCUT2D eigenvalue weighted by atomic mass is 10.0. The minimum absolute atomic E-state index is 0.115. The predicted molar refractivity (Wildman–Crippen MR) is 90.4 cm³/mol. The molecule has 0 spiro atoms. The zero-order chi connectivity index (χ0) is 16.6. The zero-order valence-electron chi connectivity index (χ0n) is 11.7. The summed E-state index contributed by atoms with van der Waals surface area (Å²) in [5.74, 6) is -0.371. The Kier molecular flexibility index (Phi) is 4.66. The lowest BCUT2D eigenvalue weighted by molar-refractivity contribution is -0.126. The fourth-order valence-electron chi connectivity index (χ4n) is 2.45. The monoisotopic (exact) mass is 390 g/mol. The maximum Gasteiger partial charge on any atom is 0.253 e. The number of amides is 1. The lowest BCUT2D eigenvalue weighted by Crippen LogP contribution is -2.51. The van der Waals surface area contributed by atoms with Gasteiger partial charge in [-0.2, -0.15) is 4.31 Å². The number of benzene rings is 1. The maximum absolute atomic E-state index is 12.9. The van der Waals surface area contributed by atoms with Gasteiger partial charge in [-0.3, -0.25) is 4.79 Å². The molecule has 122 valence electrons. The standard InChI is InChI=1S/C14H12Cl2N2O3S2/c15-10-3-1-2-9(8-10)13-14(19)17-6-7-18(13)23(20,21)12-5-4-11(16)22-12/h1-5,8,13H,6-7H2,(H,17,19). The van der Waals surface area contributed by atoms with Gasteiger partial charge >= 0.3 is 0 Å². The van der Waals surface area contributed by atoms with Crippen molar-refractivity contribution in [3.63, 3.8) is 0 Å². The third-order valence-electron chi connectivity index (χ3n) is 3.44. The first-order chi connectivity index (χ1) is 10.9. The molecule has 1 fully saturated rings. The van der Waals surface area contributed by atoms with Gasteiger partial charge in [0.05, 0.1) is 4.34 Å². The molecule has 1 atom stereocenters. The van der Waals surface area contributed by atoms with Crippen molar-refractivity contribution in [3.8, 4) is 0 Å². The average Bonchev–Trinajstić information content (AvgIpc) is 2.94. The third kappa shape index (κ3) is 3.25. The molecule has 0 bridgehead atoms. The molecule has 1 aliphatic rings. The number of nitrogens with zero attached hydrogens (tertiary/aromatic N) is 1. The summed E-state index contributed by atoms with van der Waals surface area (Å²) in [5, 5.41) is 3.14. The lowest BCUT2D eigenvalue weighted by Gasteiger charge is -2.33. The normalized spacial score (nSPS) is 19.6. The van der Waals surface area contributed by atoms with Crippen molar-refractivity contribution in [1.82, 2.24) is 9.62 Å². The van der Waals surface area contributed by atoms with Gasteiger partial charge in [0.15, 0.2) is 0 Å². The molecule has 1 saturated heterocycles. The van der Waals surface area contributed by atoms with E-state index in [1.165, 1.54) is 16.4 Å². The van der Waals surface area contributed by atoms with Crippen LogP contribution in [0.5, 0.6) is 0 Å². The summed E-state index contributed by atoms with van der Waals surface area (Å²) in [5.41, 5.74) is 0.529. The van der Waals surface area contributed by atoms with Crippen LogP contribution in [0.25, 0.3) is 0 Å². The Morgan fingerprint density at radius 3 is 2.65 bits per heavy atom. The van der Waals surface area contributed by atoms with Crippen molar-refractivity contribution in [2.45, 2.75) is 10.3 Å². The molecule has 0 saturated carbocycles. The largest absolute Gasteiger partial charge is 0.353 e. The number of carbonyl (C=O) groups excluding carboxylic acids is 1. The van der Waals surface area contributed by atoms with Gasteiger partial charge in [-0.25, -0.2) is 8.42 Å². The highest BCUT2D eigenvalue weighted by Gasteiger charge is 2.40. The average molecular weight is 391 g/mol. The number of piperazine rings is 1. The van der Waals surface area contributed by atoms with E-state index in [1.54, 1.807) is 24.3 Å². The molecular weight excluding hydrogens is 379 g/mol. The van der Waals surface area contributed by atoms with Gasteiger partial charge in [-0.05, 0) is 29.8 Å². The molecule has 9 heteroatoms. The van der Waals surface area contributed by atoms with Gasteiger partial charge in [0.1, 0.15) is 10.3 Å². The molecule has 1 aromatic carbocycles. The molecule has 1 aromatic heterocycles. The van der Waals surface area contributed by atoms with Crippen LogP contribution in [0.3, 0.4) is 0 Å². The third-order valence-corrected chi connectivity index (χ3v) is 7.24. The fraction of sp³-hybridized carbons (Fsp3) is 0.214. The summed E-state index contributed by atoms with van der Waals surface area (Å²) in [7, 11) is -3.82. The molecule has 23 heavy (non-hydrogen) atoms. The second kappa shape index (κ2) is 6.41. The maximum atomic E-state index is 12.9. The summed E-state index contributed by atoms with van der Waals surface area (Å²) in [6, 6.07) is 8.66. The van der Waals surface area contributed by atoms with E-state index >= 15 is 0 Å². The summed E-state index contributed by atoms with van der Waals surface area (Å²) in [4.78, 5) is 12.3. The Morgan fingerprint density at radius 1 is 1.22 bits per heavy atom. The van der Waals surface area contributed by atoms with Crippen molar-refractivity contribution in [3.05, 3.63) is 51.3 Å². The highest BCUT2D eigenvalue weighted by atomic mass is 35.5. The van der Waals surface area contributed by atoms with Crippen LogP contribution in [0.2, 0.25) is 9.36 Å². The molecule has 1 aliphatic heterocycles. The number of halogens is 2. The summed E-state index contributed by atoms with van der Waals surface area (Å²) >= 11 is 12.8. The van der Waals surface area contributed by atoms with E-state index in [4.69, 9.17) is 23.2 Å². The van der Waals surface area contributed by atoms with E-state index in [1.807, 2.05) is 0 Å². The number of thiophene rings is 1. The molecule has 0 radical (unpaired) electrons. The summed E-state index contributed by atoms with van der Waals surface area (Å²) in [6.07, 6.45) is 0. The molecule has 0 aliphatic carbocycles. The Hall–Kier alpha value is -1.12. The van der Waals surface area contributed by atoms with Gasteiger partial charge in [0.2, 0.25) is 5.91 Å². The fourth-order valence-corrected chi connectivity index (χ4v) is 5.84. The van der Waals surface area contributed by atoms with Crippen molar-refractivity contribution >= 4 is 50.5 Å². The minimum Gasteiger partial charge on any atom is -0.353 e. The number of carbonyl (C=O) groups is 1. The quantitative estimate of drug-likeness (QED) is 0.875. The second-order valence-corrected chi connectivity index (χ2v) is 9.19. The first kappa shape index (κ1) is 16.7. The highest BCUT2D eigenvalue weighted by molar-refractivity contribution is 7.91. The van der Waals surface area contributed by atoms with Crippen LogP contribution in [0.1, 0.15) is 11.6 Å². The Labute approximate surface area is 147 Å². The number of nitrogens with one attached hydrogen (secondary N) is 1. The Bertz CT molecular complexity index is 851. The zero-order valence-corrected chi connectivity index (χ0v) is 14.8. The van der Waals surface area contributed by atoms with E-state index in [2.05, 4.69) is 5.32 Å². The summed E-state index contributed by atoms with van der Waals surface area (Å²) < 4.78 is 27.4. The molecule has 5 nitrogen and oxygen atoms in total. The topological polar surface area (TPSA) is 66.5 Å². The van der Waals surface area contributed by atoms with Crippen LogP contribution in [0.15, 0.2) is 40.6 Å². The smallest absolute Gasteiger partial charge is 0.253 e. The van der Waals surface area contributed by atoms with E-state index in [0.29, 0.717) is 14.9 Å². The van der Waals surface area contributed by atoms with E-state index < -0.39 is 16.1 Å². The van der Waals surface area contributed by atoms with Crippen LogP contribution < -0.4 is 5.32 Å². The van der Waals surface area contributed by atoms with Crippen LogP contribution in [-0.2, 0) is 14.8 Å². The van der Waals surface area contributed by atoms with E-state index in [0.717, 1.165) is 11.3 Å². The molecule has 2 heterocycles. The van der Waals surface area contributed by atoms with E-state index in [-0.39, 0.29) is 23.2 Å². The number of rotatable bonds is 3. The highest BCUT2D eigenvalue weighted by Crippen LogP contribution is 2.34. The SMILES string of the molecule is O=C1NCCN(S(=O)(=O)c2ccc(Cl)s2)C1c1cccc(Cl)c1. The number of hydrogen-bond acceptors (Lipinski definition) is 4. The van der Waals surface area contributed by atoms with Crippen molar-refractivity contribution in [1.29, 1.82) is 0 Å². The molecule has 1 N–H and O–H groups in total. The van der Waals surface area contributed by atoms with Crippen molar-refractivity contribution in [2.24, 2.45) is 0 Å². The Morgan fingerprint density at radius 2 is 2.00 bits per heavy atom. The van der Waals surface area contributed by atoms with Crippen LogP contribution in [0.4, 0.5) is 0 Å². The first-order valence-electron chi connectivity index (χ1n) is 6.70. The van der Waals surface area contributed by atoms with Gasteiger partial charge < -0.3 is 5.32 Å². The molecule has 3 rings (SSSR count). The molecule has 2 aromatic rings. The number of sulfonamides is 1. The summed E-state index contributed by atoms with van der Waals surface area (Å²) in [6.45, 7) is 0.439. The minimum atomic E-state index is -3.82. The van der Waals surface area contributed by atoms with Crippen LogP contribution >= 0.6 is 34.5 Å². The Balaban J connectivity index is 2.06. The van der Waals surface area contributed by atoms with Crippen molar-refractivity contribution in [2.75, 3.05) is 13.1 Å².